The van der Waals surface area contributed by atoms with Gasteiger partial charge in [0.15, 0.2) is 0 Å². The predicted octanol–water partition coefficient (Wildman–Crippen LogP) is 1.63. The van der Waals surface area contributed by atoms with E-state index in [2.05, 4.69) is 6.92 Å². The Kier molecular flexibility index (Phi) is 2.74. The summed E-state index contributed by atoms with van der Waals surface area (Å²) < 4.78 is 5.06. The van der Waals surface area contributed by atoms with E-state index in [1.165, 1.54) is 0 Å². The van der Waals surface area contributed by atoms with Crippen LogP contribution in [0, 0.1) is 0 Å². The number of amides is 1. The molecule has 1 amide bonds. The van der Waals surface area contributed by atoms with Gasteiger partial charge in [-0.15, -0.1) is 0 Å². The second-order valence-electron chi connectivity index (χ2n) is 2.86. The van der Waals surface area contributed by atoms with E-state index in [1.54, 1.807) is 4.90 Å². The van der Waals surface area contributed by atoms with Gasteiger partial charge in [-0.05, 0) is 12.8 Å². The standard InChI is InChI=1S/C8H15NO2/c1-3-5-9-6-7(4-2)11-8(9)10/h7H,3-6H2,1-2H3. The molecular formula is C8H15NO2. The maximum atomic E-state index is 11.0. The minimum atomic E-state index is -0.140. The van der Waals surface area contributed by atoms with E-state index in [9.17, 15) is 4.79 Å². The van der Waals surface area contributed by atoms with Crippen molar-refractivity contribution in [3.63, 3.8) is 0 Å². The quantitative estimate of drug-likeness (QED) is 0.623. The number of ether oxygens (including phenoxy) is 1. The highest BCUT2D eigenvalue weighted by Gasteiger charge is 2.28. The Hall–Kier alpha value is -0.730. The lowest BCUT2D eigenvalue weighted by Crippen LogP contribution is -2.25. The minimum absolute atomic E-state index is 0.133. The second kappa shape index (κ2) is 3.60. The average Bonchev–Trinajstić information content (AvgIpc) is 2.33. The van der Waals surface area contributed by atoms with Crippen LogP contribution in [0.4, 0.5) is 4.79 Å². The van der Waals surface area contributed by atoms with Crippen molar-refractivity contribution in [1.82, 2.24) is 4.90 Å². The summed E-state index contributed by atoms with van der Waals surface area (Å²) in [5.74, 6) is 0. The molecule has 3 heteroatoms. The molecule has 1 unspecified atom stereocenters. The molecule has 0 aromatic rings. The lowest BCUT2D eigenvalue weighted by atomic mass is 10.3. The van der Waals surface area contributed by atoms with E-state index in [0.717, 1.165) is 25.9 Å². The van der Waals surface area contributed by atoms with E-state index in [-0.39, 0.29) is 12.2 Å². The smallest absolute Gasteiger partial charge is 0.410 e. The highest BCUT2D eigenvalue weighted by Crippen LogP contribution is 2.13. The summed E-state index contributed by atoms with van der Waals surface area (Å²) in [6.45, 7) is 5.71. The highest BCUT2D eigenvalue weighted by molar-refractivity contribution is 5.69. The maximum Gasteiger partial charge on any atom is 0.410 e. The van der Waals surface area contributed by atoms with Crippen LogP contribution >= 0.6 is 0 Å². The Balaban J connectivity index is 2.38. The predicted molar refractivity (Wildman–Crippen MR) is 42.4 cm³/mol. The van der Waals surface area contributed by atoms with Gasteiger partial charge in [0.1, 0.15) is 6.10 Å². The molecule has 0 saturated carbocycles. The molecule has 0 aliphatic carbocycles. The third kappa shape index (κ3) is 1.85. The topological polar surface area (TPSA) is 29.5 Å². The van der Waals surface area contributed by atoms with E-state index in [0.29, 0.717) is 0 Å². The summed E-state index contributed by atoms with van der Waals surface area (Å²) in [4.78, 5) is 12.8. The summed E-state index contributed by atoms with van der Waals surface area (Å²) >= 11 is 0. The molecule has 1 fully saturated rings. The van der Waals surface area contributed by atoms with Gasteiger partial charge in [0, 0.05) is 6.54 Å². The highest BCUT2D eigenvalue weighted by atomic mass is 16.6. The van der Waals surface area contributed by atoms with E-state index < -0.39 is 0 Å². The molecule has 11 heavy (non-hydrogen) atoms. The fourth-order valence-corrected chi connectivity index (χ4v) is 1.24. The number of hydrogen-bond acceptors (Lipinski definition) is 2. The van der Waals surface area contributed by atoms with Crippen LogP contribution in [0.3, 0.4) is 0 Å². The van der Waals surface area contributed by atoms with Gasteiger partial charge in [0.2, 0.25) is 0 Å². The molecule has 0 radical (unpaired) electrons. The summed E-state index contributed by atoms with van der Waals surface area (Å²) in [7, 11) is 0. The SMILES string of the molecule is CCCN1CC(CC)OC1=O. The molecule has 64 valence electrons. The Morgan fingerprint density at radius 2 is 2.36 bits per heavy atom. The first kappa shape index (κ1) is 8.37. The van der Waals surface area contributed by atoms with E-state index in [1.807, 2.05) is 6.92 Å². The van der Waals surface area contributed by atoms with Crippen molar-refractivity contribution in [2.24, 2.45) is 0 Å². The zero-order chi connectivity index (χ0) is 8.27. The first-order valence-electron chi connectivity index (χ1n) is 4.23. The summed E-state index contributed by atoms with van der Waals surface area (Å²) in [6.07, 6.45) is 1.92. The summed E-state index contributed by atoms with van der Waals surface area (Å²) in [6, 6.07) is 0. The van der Waals surface area contributed by atoms with Crippen molar-refractivity contribution < 1.29 is 9.53 Å². The minimum Gasteiger partial charge on any atom is -0.444 e. The third-order valence-electron chi connectivity index (χ3n) is 1.90. The number of nitrogens with zero attached hydrogens (tertiary/aromatic N) is 1. The van der Waals surface area contributed by atoms with Crippen LogP contribution in [0.2, 0.25) is 0 Å². The van der Waals surface area contributed by atoms with Crippen molar-refractivity contribution in [3.05, 3.63) is 0 Å². The third-order valence-corrected chi connectivity index (χ3v) is 1.90. The van der Waals surface area contributed by atoms with Crippen molar-refractivity contribution in [2.75, 3.05) is 13.1 Å². The molecule has 0 aromatic heterocycles. The number of rotatable bonds is 3. The van der Waals surface area contributed by atoms with E-state index >= 15 is 0 Å². The van der Waals surface area contributed by atoms with E-state index in [4.69, 9.17) is 4.74 Å². The first-order valence-corrected chi connectivity index (χ1v) is 4.23. The van der Waals surface area contributed by atoms with Gasteiger partial charge < -0.3 is 9.64 Å². The Morgan fingerprint density at radius 3 is 2.82 bits per heavy atom. The lowest BCUT2D eigenvalue weighted by Gasteiger charge is -2.09. The zero-order valence-corrected chi connectivity index (χ0v) is 7.17. The molecule has 0 spiro atoms. The van der Waals surface area contributed by atoms with Crippen LogP contribution in [0.25, 0.3) is 0 Å². The Morgan fingerprint density at radius 1 is 1.64 bits per heavy atom. The summed E-state index contributed by atoms with van der Waals surface area (Å²) in [5.41, 5.74) is 0. The van der Waals surface area contributed by atoms with Gasteiger partial charge >= 0.3 is 6.09 Å². The molecule has 1 saturated heterocycles. The molecule has 1 heterocycles. The molecule has 1 aliphatic rings. The van der Waals surface area contributed by atoms with Crippen molar-refractivity contribution in [2.45, 2.75) is 32.8 Å². The Labute approximate surface area is 67.3 Å². The van der Waals surface area contributed by atoms with Crippen LogP contribution in [-0.4, -0.2) is 30.2 Å². The van der Waals surface area contributed by atoms with Crippen LogP contribution < -0.4 is 0 Å². The molecule has 0 bridgehead atoms. The molecular weight excluding hydrogens is 142 g/mol. The average molecular weight is 157 g/mol. The number of carbonyl (C=O) groups excluding carboxylic acids is 1. The maximum absolute atomic E-state index is 11.0. The first-order chi connectivity index (χ1) is 5.27. The number of carbonyl (C=O) groups is 1. The van der Waals surface area contributed by atoms with Crippen LogP contribution in [0.1, 0.15) is 26.7 Å². The van der Waals surface area contributed by atoms with Crippen LogP contribution in [0.15, 0.2) is 0 Å². The van der Waals surface area contributed by atoms with Gasteiger partial charge in [-0.25, -0.2) is 4.79 Å². The molecule has 1 rings (SSSR count). The van der Waals surface area contributed by atoms with Gasteiger partial charge in [0.05, 0.1) is 6.54 Å². The molecule has 3 nitrogen and oxygen atoms in total. The normalized spacial score (nSPS) is 24.0. The van der Waals surface area contributed by atoms with Crippen molar-refractivity contribution in [1.29, 1.82) is 0 Å². The van der Waals surface area contributed by atoms with Gasteiger partial charge in [-0.2, -0.15) is 0 Å². The lowest BCUT2D eigenvalue weighted by molar-refractivity contribution is 0.131. The fraction of sp³-hybridized carbons (Fsp3) is 0.875. The molecule has 1 atom stereocenters. The van der Waals surface area contributed by atoms with Gasteiger partial charge in [-0.1, -0.05) is 13.8 Å². The second-order valence-corrected chi connectivity index (χ2v) is 2.86. The van der Waals surface area contributed by atoms with Gasteiger partial charge in [-0.3, -0.25) is 0 Å². The zero-order valence-electron chi connectivity index (χ0n) is 7.17. The molecule has 0 aromatic carbocycles. The number of cyclic esters (lactones) is 1. The monoisotopic (exact) mass is 157 g/mol. The number of hydrogen-bond donors (Lipinski definition) is 0. The van der Waals surface area contributed by atoms with Gasteiger partial charge in [0.25, 0.3) is 0 Å². The molecule has 0 N–H and O–H groups in total. The largest absolute Gasteiger partial charge is 0.444 e. The van der Waals surface area contributed by atoms with Crippen molar-refractivity contribution >= 4 is 6.09 Å². The Bertz CT molecular complexity index is 147. The van der Waals surface area contributed by atoms with Crippen LogP contribution in [0.5, 0.6) is 0 Å². The fourth-order valence-electron chi connectivity index (χ4n) is 1.24. The summed E-state index contributed by atoms with van der Waals surface area (Å²) in [5, 5.41) is 0. The van der Waals surface area contributed by atoms with Crippen LogP contribution in [-0.2, 0) is 4.74 Å². The van der Waals surface area contributed by atoms with Crippen molar-refractivity contribution in [3.8, 4) is 0 Å². The molecule has 1 aliphatic heterocycles.